The topological polar surface area (TPSA) is 53.1 Å². The lowest BCUT2D eigenvalue weighted by atomic mass is 10.1. The van der Waals surface area contributed by atoms with Gasteiger partial charge in [-0.2, -0.15) is 0 Å². The molecular weight excluding hydrogens is 274 g/mol. The molecule has 0 aliphatic carbocycles. The minimum absolute atomic E-state index is 0.772. The van der Waals surface area contributed by atoms with Gasteiger partial charge in [-0.3, -0.25) is 0 Å². The van der Waals surface area contributed by atoms with Gasteiger partial charge in [0, 0.05) is 31.0 Å². The molecule has 0 fully saturated rings. The number of nitrogens with zero attached hydrogens (tertiary/aromatic N) is 2. The summed E-state index contributed by atoms with van der Waals surface area (Å²) in [6, 6.07) is 16.0. The van der Waals surface area contributed by atoms with Crippen molar-refractivity contribution >= 4 is 5.69 Å². The second-order valence-corrected chi connectivity index (χ2v) is 5.24. The van der Waals surface area contributed by atoms with Crippen LogP contribution in [0.1, 0.15) is 17.0 Å². The fourth-order valence-corrected chi connectivity index (χ4v) is 2.46. The molecule has 0 saturated heterocycles. The van der Waals surface area contributed by atoms with Gasteiger partial charge in [0.25, 0.3) is 0 Å². The molecule has 2 aromatic carbocycles. The van der Waals surface area contributed by atoms with Crippen LogP contribution in [0.2, 0.25) is 0 Å². The van der Waals surface area contributed by atoms with Crippen LogP contribution in [0.3, 0.4) is 0 Å². The van der Waals surface area contributed by atoms with E-state index in [2.05, 4.69) is 27.8 Å². The average Bonchev–Trinajstić information content (AvgIpc) is 2.95. The van der Waals surface area contributed by atoms with Crippen molar-refractivity contribution in [1.29, 1.82) is 0 Å². The van der Waals surface area contributed by atoms with Crippen LogP contribution >= 0.6 is 0 Å². The van der Waals surface area contributed by atoms with Crippen LogP contribution in [0.25, 0.3) is 0 Å². The van der Waals surface area contributed by atoms with Gasteiger partial charge in [-0.1, -0.05) is 24.3 Å². The number of methoxy groups -OCH3 is 1. The molecule has 1 heterocycles. The van der Waals surface area contributed by atoms with E-state index in [1.807, 2.05) is 42.7 Å². The van der Waals surface area contributed by atoms with Crippen molar-refractivity contribution in [2.75, 3.05) is 12.8 Å². The van der Waals surface area contributed by atoms with Gasteiger partial charge in [0.1, 0.15) is 11.6 Å². The van der Waals surface area contributed by atoms with Crippen molar-refractivity contribution in [3.05, 3.63) is 77.9 Å². The maximum absolute atomic E-state index is 5.84. The van der Waals surface area contributed by atoms with Crippen molar-refractivity contribution in [3.8, 4) is 5.75 Å². The van der Waals surface area contributed by atoms with Crippen LogP contribution in [-0.2, 0) is 13.0 Å². The van der Waals surface area contributed by atoms with Crippen molar-refractivity contribution in [2.45, 2.75) is 13.0 Å². The first-order valence-corrected chi connectivity index (χ1v) is 7.22. The third-order valence-electron chi connectivity index (χ3n) is 3.63. The molecule has 0 unspecified atom stereocenters. The van der Waals surface area contributed by atoms with Gasteiger partial charge in [-0.25, -0.2) is 4.98 Å². The lowest BCUT2D eigenvalue weighted by molar-refractivity contribution is 0.414. The second-order valence-electron chi connectivity index (χ2n) is 5.24. The molecule has 0 spiro atoms. The van der Waals surface area contributed by atoms with Crippen LogP contribution in [-0.4, -0.2) is 16.7 Å². The Hall–Kier alpha value is -2.75. The molecule has 0 radical (unpaired) electrons. The highest BCUT2D eigenvalue weighted by Gasteiger charge is 2.05. The van der Waals surface area contributed by atoms with Crippen LogP contribution in [0.15, 0.2) is 60.9 Å². The summed E-state index contributed by atoms with van der Waals surface area (Å²) in [7, 11) is 1.68. The number of imidazole rings is 1. The maximum atomic E-state index is 5.84. The molecule has 0 bridgehead atoms. The van der Waals surface area contributed by atoms with E-state index in [-0.39, 0.29) is 0 Å². The number of anilines is 1. The number of hydrogen-bond acceptors (Lipinski definition) is 3. The Morgan fingerprint density at radius 3 is 2.64 bits per heavy atom. The van der Waals surface area contributed by atoms with E-state index in [1.165, 1.54) is 11.1 Å². The Kier molecular flexibility index (Phi) is 4.10. The fourth-order valence-electron chi connectivity index (χ4n) is 2.46. The quantitative estimate of drug-likeness (QED) is 0.735. The Morgan fingerprint density at radius 1 is 1.09 bits per heavy atom. The molecule has 4 nitrogen and oxygen atoms in total. The van der Waals surface area contributed by atoms with Gasteiger partial charge < -0.3 is 15.0 Å². The summed E-state index contributed by atoms with van der Waals surface area (Å²) < 4.78 is 7.35. The summed E-state index contributed by atoms with van der Waals surface area (Å²) in [6.45, 7) is 0.793. The van der Waals surface area contributed by atoms with Crippen LogP contribution in [0, 0.1) is 0 Å². The number of hydrogen-bond donors (Lipinski definition) is 1. The van der Waals surface area contributed by atoms with E-state index >= 15 is 0 Å². The van der Waals surface area contributed by atoms with Crippen molar-refractivity contribution in [2.24, 2.45) is 0 Å². The monoisotopic (exact) mass is 293 g/mol. The summed E-state index contributed by atoms with van der Waals surface area (Å²) in [5.74, 6) is 1.90. The molecule has 3 aromatic rings. The summed E-state index contributed by atoms with van der Waals surface area (Å²) in [5, 5.41) is 0. The number of benzene rings is 2. The number of nitrogen functional groups attached to an aromatic ring is 1. The third kappa shape index (κ3) is 3.28. The Bertz CT molecular complexity index is 747. The molecular formula is C18H19N3O. The summed E-state index contributed by atoms with van der Waals surface area (Å²) in [5.41, 5.74) is 9.00. The van der Waals surface area contributed by atoms with Crippen molar-refractivity contribution in [1.82, 2.24) is 9.55 Å². The minimum Gasteiger partial charge on any atom is -0.497 e. The van der Waals surface area contributed by atoms with E-state index < -0.39 is 0 Å². The van der Waals surface area contributed by atoms with E-state index in [9.17, 15) is 0 Å². The molecule has 0 saturated carbocycles. The smallest absolute Gasteiger partial charge is 0.118 e. The molecule has 1 aromatic heterocycles. The van der Waals surface area contributed by atoms with Gasteiger partial charge in [-0.15, -0.1) is 0 Å². The first kappa shape index (κ1) is 14.2. The Morgan fingerprint density at radius 2 is 1.91 bits per heavy atom. The van der Waals surface area contributed by atoms with Crippen LogP contribution in [0.4, 0.5) is 5.69 Å². The maximum Gasteiger partial charge on any atom is 0.118 e. The number of nitrogens with two attached hydrogens (primary N) is 1. The molecule has 0 aliphatic heterocycles. The first-order chi connectivity index (χ1) is 10.7. The van der Waals surface area contributed by atoms with Crippen LogP contribution < -0.4 is 10.5 Å². The summed E-state index contributed by atoms with van der Waals surface area (Å²) >= 11 is 0. The summed E-state index contributed by atoms with van der Waals surface area (Å²) in [4.78, 5) is 4.47. The predicted octanol–water partition coefficient (Wildman–Crippen LogP) is 3.11. The average molecular weight is 293 g/mol. The SMILES string of the molecule is COc1ccc(Cn2ccnc2Cc2cccc(N)c2)cc1. The lowest BCUT2D eigenvalue weighted by Gasteiger charge is -2.09. The molecule has 22 heavy (non-hydrogen) atoms. The highest BCUT2D eigenvalue weighted by atomic mass is 16.5. The van der Waals surface area contributed by atoms with E-state index in [4.69, 9.17) is 10.5 Å². The molecule has 4 heteroatoms. The summed E-state index contributed by atoms with van der Waals surface area (Å²) in [6.07, 6.45) is 4.62. The fraction of sp³-hybridized carbons (Fsp3) is 0.167. The van der Waals surface area contributed by atoms with Crippen LogP contribution in [0.5, 0.6) is 5.75 Å². The zero-order chi connectivity index (χ0) is 15.4. The Balaban J connectivity index is 1.76. The lowest BCUT2D eigenvalue weighted by Crippen LogP contribution is -2.05. The van der Waals surface area contributed by atoms with E-state index in [1.54, 1.807) is 7.11 Å². The van der Waals surface area contributed by atoms with E-state index in [0.717, 1.165) is 30.2 Å². The van der Waals surface area contributed by atoms with Crippen molar-refractivity contribution < 1.29 is 4.74 Å². The molecule has 112 valence electrons. The molecule has 3 rings (SSSR count). The molecule has 0 aliphatic rings. The van der Waals surface area contributed by atoms with E-state index in [0.29, 0.717) is 0 Å². The largest absolute Gasteiger partial charge is 0.497 e. The van der Waals surface area contributed by atoms with Gasteiger partial charge in [0.15, 0.2) is 0 Å². The first-order valence-electron chi connectivity index (χ1n) is 7.22. The van der Waals surface area contributed by atoms with Gasteiger partial charge >= 0.3 is 0 Å². The zero-order valence-electron chi connectivity index (χ0n) is 12.6. The molecule has 0 amide bonds. The normalized spacial score (nSPS) is 10.6. The van der Waals surface area contributed by atoms with Crippen molar-refractivity contribution in [3.63, 3.8) is 0 Å². The van der Waals surface area contributed by atoms with Gasteiger partial charge in [-0.05, 0) is 35.4 Å². The molecule has 2 N–H and O–H groups in total. The number of ether oxygens (including phenoxy) is 1. The number of aromatic nitrogens is 2. The Labute approximate surface area is 130 Å². The van der Waals surface area contributed by atoms with Gasteiger partial charge in [0.2, 0.25) is 0 Å². The second kappa shape index (κ2) is 6.35. The predicted molar refractivity (Wildman–Crippen MR) is 88.0 cm³/mol. The number of rotatable bonds is 5. The highest BCUT2D eigenvalue weighted by Crippen LogP contribution is 2.15. The molecule has 0 atom stereocenters. The minimum atomic E-state index is 0.772. The van der Waals surface area contributed by atoms with Gasteiger partial charge in [0.05, 0.1) is 7.11 Å². The zero-order valence-corrected chi connectivity index (χ0v) is 12.6. The standard InChI is InChI=1S/C18H19N3O/c1-22-17-7-5-14(6-8-17)13-21-10-9-20-18(21)12-15-3-2-4-16(19)11-15/h2-11H,12-13,19H2,1H3. The third-order valence-corrected chi connectivity index (χ3v) is 3.63. The highest BCUT2D eigenvalue weighted by molar-refractivity contribution is 5.41.